The number of ether oxygens (including phenoxy) is 1. The van der Waals surface area contributed by atoms with Gasteiger partial charge in [0.1, 0.15) is 0 Å². The highest BCUT2D eigenvalue weighted by Crippen LogP contribution is 2.30. The van der Waals surface area contributed by atoms with Crippen LogP contribution in [-0.4, -0.2) is 60.1 Å². The second kappa shape index (κ2) is 7.98. The lowest BCUT2D eigenvalue weighted by atomic mass is 9.88. The van der Waals surface area contributed by atoms with E-state index in [4.69, 9.17) is 4.74 Å². The van der Waals surface area contributed by atoms with Crippen LogP contribution in [0.15, 0.2) is 0 Å². The first kappa shape index (κ1) is 17.2. The maximum atomic E-state index is 11.9. The molecule has 3 fully saturated rings. The Kier molecular flexibility index (Phi) is 5.97. The number of hydrogen-bond donors (Lipinski definition) is 0. The first-order valence-corrected chi connectivity index (χ1v) is 9.79. The number of rotatable bonds is 5. The number of carbonyl (C=O) groups excluding carboxylic acids is 1. The summed E-state index contributed by atoms with van der Waals surface area (Å²) in [6, 6.07) is 1.01. The SMILES string of the molecule is CC(=O)N1CCC[C@@H]1[C@@H]1CCCN1CCO[C@@H]1CCCC[C@H]1C. The van der Waals surface area contributed by atoms with Crippen molar-refractivity contribution >= 4 is 5.91 Å². The Balaban J connectivity index is 1.48. The summed E-state index contributed by atoms with van der Waals surface area (Å²) in [4.78, 5) is 16.6. The zero-order valence-corrected chi connectivity index (χ0v) is 15.0. The molecular weight excluding hydrogens is 288 g/mol. The van der Waals surface area contributed by atoms with Gasteiger partial charge in [0.05, 0.1) is 12.7 Å². The fraction of sp³-hybridized carbons (Fsp3) is 0.947. The van der Waals surface area contributed by atoms with Crippen LogP contribution in [0.3, 0.4) is 0 Å². The quantitative estimate of drug-likeness (QED) is 0.780. The summed E-state index contributed by atoms with van der Waals surface area (Å²) in [5.41, 5.74) is 0. The van der Waals surface area contributed by atoms with E-state index in [-0.39, 0.29) is 5.91 Å². The van der Waals surface area contributed by atoms with Gasteiger partial charge in [-0.2, -0.15) is 0 Å². The summed E-state index contributed by atoms with van der Waals surface area (Å²) in [6.45, 7) is 8.10. The van der Waals surface area contributed by atoms with Crippen LogP contribution in [0.2, 0.25) is 0 Å². The third-order valence-corrected chi connectivity index (χ3v) is 6.31. The molecule has 1 amide bonds. The second-order valence-corrected chi connectivity index (χ2v) is 7.84. The van der Waals surface area contributed by atoms with Crippen LogP contribution >= 0.6 is 0 Å². The van der Waals surface area contributed by atoms with Crippen molar-refractivity contribution < 1.29 is 9.53 Å². The van der Waals surface area contributed by atoms with E-state index in [1.54, 1.807) is 6.92 Å². The average Bonchev–Trinajstić information content (AvgIpc) is 3.17. The fourth-order valence-corrected chi connectivity index (χ4v) is 5.00. The van der Waals surface area contributed by atoms with Crippen LogP contribution < -0.4 is 0 Å². The summed E-state index contributed by atoms with van der Waals surface area (Å²) in [7, 11) is 0. The van der Waals surface area contributed by atoms with Gasteiger partial charge in [-0.15, -0.1) is 0 Å². The molecule has 0 radical (unpaired) electrons. The van der Waals surface area contributed by atoms with E-state index in [1.165, 1.54) is 57.9 Å². The fourth-order valence-electron chi connectivity index (χ4n) is 5.00. The van der Waals surface area contributed by atoms with Gasteiger partial charge in [-0.1, -0.05) is 19.8 Å². The van der Waals surface area contributed by atoms with E-state index in [0.29, 0.717) is 18.2 Å². The van der Waals surface area contributed by atoms with Gasteiger partial charge in [0.2, 0.25) is 5.91 Å². The van der Waals surface area contributed by atoms with Crippen molar-refractivity contribution in [2.45, 2.75) is 83.4 Å². The van der Waals surface area contributed by atoms with E-state index in [1.807, 2.05) is 0 Å². The van der Waals surface area contributed by atoms with Crippen molar-refractivity contribution in [3.8, 4) is 0 Å². The van der Waals surface area contributed by atoms with Crippen molar-refractivity contribution in [2.24, 2.45) is 5.92 Å². The smallest absolute Gasteiger partial charge is 0.219 e. The third-order valence-electron chi connectivity index (χ3n) is 6.31. The van der Waals surface area contributed by atoms with Crippen molar-refractivity contribution in [3.63, 3.8) is 0 Å². The van der Waals surface area contributed by atoms with Crippen LogP contribution in [0.5, 0.6) is 0 Å². The number of amides is 1. The molecule has 2 saturated heterocycles. The van der Waals surface area contributed by atoms with Gasteiger partial charge >= 0.3 is 0 Å². The topological polar surface area (TPSA) is 32.8 Å². The summed E-state index contributed by atoms with van der Waals surface area (Å²) >= 11 is 0. The molecule has 1 saturated carbocycles. The Morgan fingerprint density at radius 3 is 2.52 bits per heavy atom. The van der Waals surface area contributed by atoms with Gasteiger partial charge in [-0.25, -0.2) is 0 Å². The minimum Gasteiger partial charge on any atom is -0.377 e. The van der Waals surface area contributed by atoms with Crippen molar-refractivity contribution in [1.29, 1.82) is 0 Å². The molecule has 0 aromatic heterocycles. The number of nitrogens with zero attached hydrogens (tertiary/aromatic N) is 2. The predicted octanol–water partition coefficient (Wildman–Crippen LogP) is 3.06. The summed E-state index contributed by atoms with van der Waals surface area (Å²) in [6.07, 6.45) is 10.6. The normalized spacial score (nSPS) is 35.8. The summed E-state index contributed by atoms with van der Waals surface area (Å²) in [5.74, 6) is 0.979. The highest BCUT2D eigenvalue weighted by molar-refractivity contribution is 5.74. The monoisotopic (exact) mass is 322 g/mol. The number of likely N-dealkylation sites (tertiary alicyclic amines) is 2. The van der Waals surface area contributed by atoms with Crippen molar-refractivity contribution in [3.05, 3.63) is 0 Å². The molecule has 0 bridgehead atoms. The van der Waals surface area contributed by atoms with Crippen LogP contribution in [0.1, 0.15) is 65.2 Å². The minimum absolute atomic E-state index is 0.256. The van der Waals surface area contributed by atoms with Gasteiger partial charge in [0, 0.05) is 32.1 Å². The molecule has 4 heteroatoms. The van der Waals surface area contributed by atoms with Crippen LogP contribution in [0.4, 0.5) is 0 Å². The van der Waals surface area contributed by atoms with Crippen LogP contribution in [0, 0.1) is 5.92 Å². The highest BCUT2D eigenvalue weighted by atomic mass is 16.5. The molecule has 4 atom stereocenters. The highest BCUT2D eigenvalue weighted by Gasteiger charge is 2.38. The van der Waals surface area contributed by atoms with Gasteiger partial charge in [-0.05, 0) is 51.0 Å². The maximum Gasteiger partial charge on any atom is 0.219 e. The van der Waals surface area contributed by atoms with Gasteiger partial charge in [-0.3, -0.25) is 9.69 Å². The molecule has 0 aromatic rings. The predicted molar refractivity (Wildman–Crippen MR) is 92.4 cm³/mol. The molecule has 1 aliphatic carbocycles. The molecule has 3 aliphatic rings. The van der Waals surface area contributed by atoms with E-state index in [0.717, 1.165) is 25.6 Å². The first-order valence-electron chi connectivity index (χ1n) is 9.79. The van der Waals surface area contributed by atoms with Gasteiger partial charge < -0.3 is 9.64 Å². The van der Waals surface area contributed by atoms with E-state index in [2.05, 4.69) is 16.7 Å². The van der Waals surface area contributed by atoms with E-state index in [9.17, 15) is 4.79 Å². The Hall–Kier alpha value is -0.610. The lowest BCUT2D eigenvalue weighted by Crippen LogP contribution is -2.48. The van der Waals surface area contributed by atoms with Gasteiger partial charge in [0.25, 0.3) is 0 Å². The zero-order valence-electron chi connectivity index (χ0n) is 15.0. The Morgan fingerprint density at radius 1 is 1.00 bits per heavy atom. The van der Waals surface area contributed by atoms with Gasteiger partial charge in [0.15, 0.2) is 0 Å². The molecule has 132 valence electrons. The standard InChI is InChI=1S/C19H34N2O2/c1-15-7-3-4-10-19(15)23-14-13-20-11-5-8-17(20)18-9-6-12-21(18)16(2)22/h15,17-19H,3-14H2,1-2H3/t15-,17+,18-,19-/m1/s1. The molecule has 2 heterocycles. The number of carbonyl (C=O) groups is 1. The zero-order chi connectivity index (χ0) is 16.2. The van der Waals surface area contributed by atoms with Crippen LogP contribution in [0.25, 0.3) is 0 Å². The molecule has 2 aliphatic heterocycles. The van der Waals surface area contributed by atoms with E-state index >= 15 is 0 Å². The third kappa shape index (κ3) is 4.08. The molecule has 23 heavy (non-hydrogen) atoms. The minimum atomic E-state index is 0.256. The maximum absolute atomic E-state index is 11.9. The molecule has 0 aromatic carbocycles. The second-order valence-electron chi connectivity index (χ2n) is 7.84. The molecule has 0 spiro atoms. The first-order chi connectivity index (χ1) is 11.2. The molecule has 0 N–H and O–H groups in total. The van der Waals surface area contributed by atoms with Crippen molar-refractivity contribution in [2.75, 3.05) is 26.2 Å². The largest absolute Gasteiger partial charge is 0.377 e. The van der Waals surface area contributed by atoms with Crippen LogP contribution in [-0.2, 0) is 9.53 Å². The summed E-state index contributed by atoms with van der Waals surface area (Å²) in [5, 5.41) is 0. The summed E-state index contributed by atoms with van der Waals surface area (Å²) < 4.78 is 6.22. The average molecular weight is 322 g/mol. The Morgan fingerprint density at radius 2 is 1.74 bits per heavy atom. The molecule has 3 rings (SSSR count). The molecular formula is C19H34N2O2. The lowest BCUT2D eigenvalue weighted by Gasteiger charge is -2.35. The Labute approximate surface area is 141 Å². The lowest BCUT2D eigenvalue weighted by molar-refractivity contribution is -0.130. The molecule has 0 unspecified atom stereocenters. The van der Waals surface area contributed by atoms with Crippen molar-refractivity contribution in [1.82, 2.24) is 9.80 Å². The number of hydrogen-bond acceptors (Lipinski definition) is 3. The Bertz CT molecular complexity index is 401. The van der Waals surface area contributed by atoms with E-state index < -0.39 is 0 Å². The molecule has 4 nitrogen and oxygen atoms in total.